The van der Waals surface area contributed by atoms with E-state index in [0.717, 1.165) is 13.0 Å². The van der Waals surface area contributed by atoms with Crippen LogP contribution in [-0.4, -0.2) is 13.2 Å². The first-order valence-electron chi connectivity index (χ1n) is 2.27. The second-order valence-electron chi connectivity index (χ2n) is 1.18. The van der Waals surface area contributed by atoms with Crippen molar-refractivity contribution in [1.29, 1.82) is 0 Å². The van der Waals surface area contributed by atoms with E-state index in [2.05, 4.69) is 12.2 Å². The Morgan fingerprint density at radius 1 is 1.67 bits per heavy atom. The van der Waals surface area contributed by atoms with Gasteiger partial charge in [-0.25, -0.2) is 5.73 Å². The molecule has 0 unspecified atom stereocenters. The van der Waals surface area contributed by atoms with Crippen molar-refractivity contribution in [3.05, 3.63) is 0 Å². The minimum atomic E-state index is 0.355. The summed E-state index contributed by atoms with van der Waals surface area (Å²) in [5, 5.41) is 2.86. The van der Waals surface area contributed by atoms with Crippen LogP contribution in [0.5, 0.6) is 0 Å². The van der Waals surface area contributed by atoms with Crippen LogP contribution >= 0.6 is 0 Å². The molecule has 0 atom stereocenters. The highest BCUT2D eigenvalue weighted by molar-refractivity contribution is 4.33. The summed E-state index contributed by atoms with van der Waals surface area (Å²) in [6.07, 6.45) is 1.12. The molecule has 1 radical (unpaired) electrons. The highest BCUT2D eigenvalue weighted by atomic mass is 14.9. The van der Waals surface area contributed by atoms with E-state index in [1.54, 1.807) is 0 Å². The molecule has 0 saturated heterocycles. The van der Waals surface area contributed by atoms with Crippen molar-refractivity contribution in [2.45, 2.75) is 13.3 Å². The maximum atomic E-state index is 6.59. The molecule has 2 heteroatoms. The van der Waals surface area contributed by atoms with E-state index in [9.17, 15) is 0 Å². The monoisotopic (exact) mass is 87.1 g/mol. The van der Waals surface area contributed by atoms with Gasteiger partial charge in [0.2, 0.25) is 0 Å². The first-order valence-corrected chi connectivity index (χ1v) is 2.27. The summed E-state index contributed by atoms with van der Waals surface area (Å²) in [5.41, 5.74) is 6.59. The number of rotatable bonds is 3. The summed E-state index contributed by atoms with van der Waals surface area (Å²) in [7, 11) is 0. The van der Waals surface area contributed by atoms with Crippen LogP contribution in [0.15, 0.2) is 0 Å². The zero-order chi connectivity index (χ0) is 4.83. The maximum absolute atomic E-state index is 6.59. The molecule has 6 heavy (non-hydrogen) atoms. The van der Waals surface area contributed by atoms with Gasteiger partial charge in [0.05, 0.1) is 6.67 Å². The van der Waals surface area contributed by atoms with Crippen LogP contribution in [0.1, 0.15) is 13.3 Å². The molecule has 0 aliphatic carbocycles. The van der Waals surface area contributed by atoms with Gasteiger partial charge in [0.15, 0.2) is 0 Å². The molecular formula is C4H11N2. The lowest BCUT2D eigenvalue weighted by Gasteiger charge is -1.91. The van der Waals surface area contributed by atoms with Crippen molar-refractivity contribution in [2.75, 3.05) is 13.2 Å². The van der Waals surface area contributed by atoms with Crippen molar-refractivity contribution in [3.63, 3.8) is 0 Å². The fraction of sp³-hybridized carbons (Fsp3) is 1.00. The Bertz CT molecular complexity index is 17.5. The van der Waals surface area contributed by atoms with E-state index in [1.807, 2.05) is 0 Å². The van der Waals surface area contributed by atoms with E-state index in [0.29, 0.717) is 6.67 Å². The van der Waals surface area contributed by atoms with Crippen LogP contribution in [0.3, 0.4) is 0 Å². The second kappa shape index (κ2) is 4.92. The zero-order valence-electron chi connectivity index (χ0n) is 4.12. The molecule has 0 amide bonds. The van der Waals surface area contributed by atoms with Crippen molar-refractivity contribution in [1.82, 2.24) is 11.1 Å². The number of hydrogen-bond acceptors (Lipinski definition) is 1. The second-order valence-corrected chi connectivity index (χ2v) is 1.18. The van der Waals surface area contributed by atoms with Crippen molar-refractivity contribution >= 4 is 0 Å². The average Bonchev–Trinajstić information content (AvgIpc) is 1.61. The third-order valence-corrected chi connectivity index (χ3v) is 0.552. The largest absolute Gasteiger partial charge is 0.303 e. The zero-order valence-corrected chi connectivity index (χ0v) is 4.12. The van der Waals surface area contributed by atoms with Crippen LogP contribution in [0.2, 0.25) is 0 Å². The Morgan fingerprint density at radius 2 is 2.33 bits per heavy atom. The van der Waals surface area contributed by atoms with Gasteiger partial charge in [0.25, 0.3) is 0 Å². The van der Waals surface area contributed by atoms with Gasteiger partial charge in [-0.3, -0.25) is 0 Å². The van der Waals surface area contributed by atoms with Gasteiger partial charge in [-0.1, -0.05) is 6.92 Å². The predicted molar refractivity (Wildman–Crippen MR) is 26.3 cm³/mol. The molecule has 0 aliphatic rings. The lowest BCUT2D eigenvalue weighted by Crippen LogP contribution is -2.15. The third-order valence-electron chi connectivity index (χ3n) is 0.552. The summed E-state index contributed by atoms with van der Waals surface area (Å²) >= 11 is 0. The number of hydrogen-bond donors (Lipinski definition) is 1. The molecule has 0 heterocycles. The van der Waals surface area contributed by atoms with E-state index in [-0.39, 0.29) is 0 Å². The fourth-order valence-corrected chi connectivity index (χ4v) is 0.265. The maximum Gasteiger partial charge on any atom is 0.0590 e. The molecule has 2 nitrogen and oxygen atoms in total. The fourth-order valence-electron chi connectivity index (χ4n) is 0.265. The molecule has 0 rings (SSSR count). The van der Waals surface area contributed by atoms with Gasteiger partial charge in [-0.15, -0.1) is 0 Å². The van der Waals surface area contributed by atoms with Crippen LogP contribution < -0.4 is 11.1 Å². The molecule has 37 valence electrons. The average molecular weight is 87.1 g/mol. The van der Waals surface area contributed by atoms with Gasteiger partial charge in [0, 0.05) is 0 Å². The molecule has 0 aromatic rings. The Morgan fingerprint density at radius 3 is 2.50 bits per heavy atom. The van der Waals surface area contributed by atoms with Crippen molar-refractivity contribution in [3.8, 4) is 0 Å². The van der Waals surface area contributed by atoms with E-state index in [4.69, 9.17) is 5.73 Å². The van der Waals surface area contributed by atoms with Crippen LogP contribution in [0, 0.1) is 0 Å². The van der Waals surface area contributed by atoms with Crippen molar-refractivity contribution in [2.24, 2.45) is 0 Å². The van der Waals surface area contributed by atoms with Gasteiger partial charge in [-0.05, 0) is 13.0 Å². The van der Waals surface area contributed by atoms with E-state index in [1.165, 1.54) is 0 Å². The molecule has 0 aromatic carbocycles. The van der Waals surface area contributed by atoms with E-state index < -0.39 is 0 Å². The first kappa shape index (κ1) is 5.92. The van der Waals surface area contributed by atoms with E-state index >= 15 is 0 Å². The SMILES string of the molecule is CCCNC[NH]. The van der Waals surface area contributed by atoms with Crippen LogP contribution in [0.4, 0.5) is 0 Å². The molecule has 0 fully saturated rings. The molecule has 0 saturated carbocycles. The van der Waals surface area contributed by atoms with Gasteiger partial charge >= 0.3 is 0 Å². The van der Waals surface area contributed by atoms with Gasteiger partial charge in [0.1, 0.15) is 0 Å². The molecule has 2 N–H and O–H groups in total. The lowest BCUT2D eigenvalue weighted by atomic mass is 10.5. The Labute approximate surface area is 38.7 Å². The summed E-state index contributed by atoms with van der Waals surface area (Å²) < 4.78 is 0. The summed E-state index contributed by atoms with van der Waals surface area (Å²) in [5.74, 6) is 0. The smallest absolute Gasteiger partial charge is 0.0590 e. The van der Waals surface area contributed by atoms with Crippen molar-refractivity contribution < 1.29 is 0 Å². The Balaban J connectivity index is 2.34. The minimum Gasteiger partial charge on any atom is -0.303 e. The Hall–Kier alpha value is -0.0800. The number of nitrogens with one attached hydrogen (secondary N) is 2. The summed E-state index contributed by atoms with van der Waals surface area (Å²) in [6, 6.07) is 0. The molecule has 0 spiro atoms. The Kier molecular flexibility index (Phi) is 4.85. The highest BCUT2D eigenvalue weighted by Gasteiger charge is 1.71. The standard InChI is InChI=1S/C4H11N2/c1-2-3-6-4-5/h5-6H,2-4H2,1H3. The van der Waals surface area contributed by atoms with Crippen LogP contribution in [-0.2, 0) is 0 Å². The third kappa shape index (κ3) is 3.92. The predicted octanol–water partition coefficient (Wildman–Crippen LogP) is 0.226. The first-order chi connectivity index (χ1) is 2.91. The molecule has 0 bridgehead atoms. The highest BCUT2D eigenvalue weighted by Crippen LogP contribution is 1.64. The summed E-state index contributed by atoms with van der Waals surface area (Å²) in [6.45, 7) is 3.42. The topological polar surface area (TPSA) is 35.8 Å². The molecular weight excluding hydrogens is 76.1 g/mol. The lowest BCUT2D eigenvalue weighted by molar-refractivity contribution is 0.679. The minimum absolute atomic E-state index is 0.355. The van der Waals surface area contributed by atoms with Gasteiger partial charge in [-0.2, -0.15) is 0 Å². The molecule has 0 aromatic heterocycles. The molecule has 0 aliphatic heterocycles. The van der Waals surface area contributed by atoms with Gasteiger partial charge < -0.3 is 5.32 Å². The van der Waals surface area contributed by atoms with Crippen LogP contribution in [0.25, 0.3) is 0 Å². The normalized spacial score (nSPS) is 9.00. The summed E-state index contributed by atoms with van der Waals surface area (Å²) in [4.78, 5) is 0. The quantitative estimate of drug-likeness (QED) is 0.491.